The number of aromatic nitrogens is 3. The first kappa shape index (κ1) is 24.8. The van der Waals surface area contributed by atoms with E-state index in [1.165, 1.54) is 24.4 Å². The number of halogens is 1. The van der Waals surface area contributed by atoms with Crippen molar-refractivity contribution >= 4 is 21.6 Å². The van der Waals surface area contributed by atoms with Gasteiger partial charge >= 0.3 is 6.03 Å². The molecular formula is C25H30FN5O3S. The molecule has 0 radical (unpaired) electrons. The summed E-state index contributed by atoms with van der Waals surface area (Å²) in [6, 6.07) is 8.68. The quantitative estimate of drug-likeness (QED) is 0.541. The molecule has 8 nitrogen and oxygen atoms in total. The Hall–Kier alpha value is -3.27. The summed E-state index contributed by atoms with van der Waals surface area (Å²) in [5.74, 6) is -0.326. The predicted octanol–water partition coefficient (Wildman–Crippen LogP) is 4.45. The van der Waals surface area contributed by atoms with Gasteiger partial charge < -0.3 is 5.32 Å². The van der Waals surface area contributed by atoms with E-state index < -0.39 is 9.84 Å². The second-order valence-electron chi connectivity index (χ2n) is 9.78. The van der Waals surface area contributed by atoms with Gasteiger partial charge in [-0.25, -0.2) is 27.3 Å². The fourth-order valence-corrected chi connectivity index (χ4v) is 5.05. The summed E-state index contributed by atoms with van der Waals surface area (Å²) in [6.07, 6.45) is 6.36. The second-order valence-corrected chi connectivity index (χ2v) is 11.7. The van der Waals surface area contributed by atoms with Gasteiger partial charge in [0.05, 0.1) is 29.3 Å². The maximum atomic E-state index is 13.6. The van der Waals surface area contributed by atoms with Crippen LogP contribution in [0.1, 0.15) is 50.9 Å². The maximum absolute atomic E-state index is 13.6. The number of fused-ring (bicyclic) bond motifs is 1. The highest BCUT2D eigenvalue weighted by atomic mass is 32.2. The van der Waals surface area contributed by atoms with Crippen molar-refractivity contribution in [2.45, 2.75) is 51.1 Å². The summed E-state index contributed by atoms with van der Waals surface area (Å²) in [4.78, 5) is 19.2. The van der Waals surface area contributed by atoms with Gasteiger partial charge in [0, 0.05) is 19.0 Å². The maximum Gasteiger partial charge on any atom is 0.322 e. The molecule has 10 heteroatoms. The van der Waals surface area contributed by atoms with Crippen molar-refractivity contribution in [2.75, 3.05) is 17.7 Å². The van der Waals surface area contributed by atoms with Crippen molar-refractivity contribution in [1.82, 2.24) is 20.1 Å². The summed E-state index contributed by atoms with van der Waals surface area (Å²) in [5, 5.41) is 7.58. The van der Waals surface area contributed by atoms with E-state index >= 15 is 0 Å². The molecule has 0 bridgehead atoms. The Labute approximate surface area is 205 Å². The minimum absolute atomic E-state index is 0.0210. The van der Waals surface area contributed by atoms with Crippen LogP contribution in [0.3, 0.4) is 0 Å². The number of carbonyl (C=O) groups is 1. The Morgan fingerprint density at radius 3 is 2.60 bits per heavy atom. The lowest BCUT2D eigenvalue weighted by Gasteiger charge is -2.38. The lowest BCUT2D eigenvalue weighted by Crippen LogP contribution is -2.49. The molecule has 4 rings (SSSR count). The van der Waals surface area contributed by atoms with Gasteiger partial charge in [-0.05, 0) is 60.2 Å². The van der Waals surface area contributed by atoms with Crippen molar-refractivity contribution in [3.05, 3.63) is 65.9 Å². The second kappa shape index (κ2) is 9.41. The Morgan fingerprint density at radius 1 is 1.23 bits per heavy atom. The number of hydrogen-bond donors (Lipinski definition) is 1. The topological polar surface area (TPSA) is 97.2 Å². The van der Waals surface area contributed by atoms with Crippen LogP contribution in [0.25, 0.3) is 5.69 Å². The molecule has 3 heterocycles. The molecule has 3 aromatic rings. The molecule has 0 unspecified atom stereocenters. The first-order valence-electron chi connectivity index (χ1n) is 11.6. The van der Waals surface area contributed by atoms with Crippen molar-refractivity contribution in [3.63, 3.8) is 0 Å². The third-order valence-electron chi connectivity index (χ3n) is 6.10. The molecule has 1 aliphatic heterocycles. The molecule has 186 valence electrons. The third-order valence-corrected chi connectivity index (χ3v) is 7.09. The average molecular weight is 500 g/mol. The van der Waals surface area contributed by atoms with Crippen LogP contribution >= 0.6 is 0 Å². The molecule has 0 aliphatic carbocycles. The molecule has 35 heavy (non-hydrogen) atoms. The monoisotopic (exact) mass is 499 g/mol. The standard InChI is InChI=1S/C25H30FN5O3S/c1-5-6-20(17-11-12-27-23(13-17)35(4,33)34)29-24(32)30-16-25(2,3)14-21-22(30)15-28-31(21)19-9-7-18(26)8-10-19/h7-13,15,20H,5-6,14,16H2,1-4H3,(H,29,32)/t20-/m0/s1. The molecule has 1 aromatic carbocycles. The lowest BCUT2D eigenvalue weighted by molar-refractivity contribution is 0.235. The Bertz CT molecular complexity index is 1340. The summed E-state index contributed by atoms with van der Waals surface area (Å²) < 4.78 is 39.2. The normalized spacial score (nSPS) is 16.0. The van der Waals surface area contributed by atoms with Crippen LogP contribution in [0.4, 0.5) is 14.9 Å². The number of nitrogens with zero attached hydrogens (tertiary/aromatic N) is 4. The van der Waals surface area contributed by atoms with Gasteiger partial charge in [-0.15, -0.1) is 0 Å². The lowest BCUT2D eigenvalue weighted by atomic mass is 9.83. The summed E-state index contributed by atoms with van der Waals surface area (Å²) >= 11 is 0. The van der Waals surface area contributed by atoms with Gasteiger partial charge in [0.1, 0.15) is 5.82 Å². The van der Waals surface area contributed by atoms with Crippen molar-refractivity contribution < 1.29 is 17.6 Å². The number of carbonyl (C=O) groups excluding carboxylic acids is 1. The number of nitrogens with one attached hydrogen (secondary N) is 1. The molecule has 1 N–H and O–H groups in total. The van der Waals surface area contributed by atoms with Crippen LogP contribution in [0.2, 0.25) is 0 Å². The summed E-state index contributed by atoms with van der Waals surface area (Å²) in [5.41, 5.74) is 2.77. The third kappa shape index (κ3) is 5.37. The molecule has 1 atom stereocenters. The molecule has 0 fully saturated rings. The number of pyridine rings is 1. The average Bonchev–Trinajstić information content (AvgIpc) is 3.20. The van der Waals surface area contributed by atoms with Crippen molar-refractivity contribution in [2.24, 2.45) is 5.41 Å². The van der Waals surface area contributed by atoms with Crippen LogP contribution in [-0.4, -0.2) is 42.0 Å². The number of anilines is 1. The number of hydrogen-bond acceptors (Lipinski definition) is 5. The SMILES string of the molecule is CCC[C@H](NC(=O)N1CC(C)(C)Cc2c1cnn2-c1ccc(F)cc1)c1ccnc(S(C)(=O)=O)c1. The molecule has 2 aromatic heterocycles. The molecular weight excluding hydrogens is 469 g/mol. The molecule has 0 saturated heterocycles. The Balaban J connectivity index is 1.66. The van der Waals surface area contributed by atoms with E-state index in [1.54, 1.807) is 34.0 Å². The smallest absolute Gasteiger partial charge is 0.322 e. The fraction of sp³-hybridized carbons (Fsp3) is 0.400. The molecule has 1 aliphatic rings. The van der Waals surface area contributed by atoms with Gasteiger partial charge in [-0.2, -0.15) is 5.10 Å². The number of urea groups is 1. The zero-order chi connectivity index (χ0) is 25.4. The number of rotatable bonds is 6. The van der Waals surface area contributed by atoms with E-state index in [4.69, 9.17) is 0 Å². The highest BCUT2D eigenvalue weighted by Gasteiger charge is 2.37. The van der Waals surface area contributed by atoms with Crippen LogP contribution in [0, 0.1) is 11.2 Å². The van der Waals surface area contributed by atoms with E-state index in [0.29, 0.717) is 30.6 Å². The van der Waals surface area contributed by atoms with Crippen LogP contribution < -0.4 is 10.2 Å². The van der Waals surface area contributed by atoms with E-state index in [1.807, 2.05) is 6.92 Å². The number of amides is 2. The first-order chi connectivity index (χ1) is 16.5. The highest BCUT2D eigenvalue weighted by Crippen LogP contribution is 2.37. The van der Waals surface area contributed by atoms with Gasteiger partial charge in [-0.3, -0.25) is 4.90 Å². The van der Waals surface area contributed by atoms with Gasteiger partial charge in [-0.1, -0.05) is 27.2 Å². The van der Waals surface area contributed by atoms with Crippen LogP contribution in [-0.2, 0) is 16.3 Å². The largest absolute Gasteiger partial charge is 0.331 e. The fourth-order valence-electron chi connectivity index (χ4n) is 4.45. The summed E-state index contributed by atoms with van der Waals surface area (Å²) in [6.45, 7) is 6.67. The summed E-state index contributed by atoms with van der Waals surface area (Å²) in [7, 11) is -3.47. The van der Waals surface area contributed by atoms with Crippen LogP contribution in [0.5, 0.6) is 0 Å². The zero-order valence-corrected chi connectivity index (χ0v) is 21.1. The molecule has 2 amide bonds. The minimum atomic E-state index is -3.47. The van der Waals surface area contributed by atoms with Gasteiger partial charge in [0.25, 0.3) is 0 Å². The van der Waals surface area contributed by atoms with E-state index in [0.717, 1.165) is 24.1 Å². The van der Waals surface area contributed by atoms with Crippen LogP contribution in [0.15, 0.2) is 53.8 Å². The first-order valence-corrected chi connectivity index (χ1v) is 13.4. The molecule has 0 spiro atoms. The Kier molecular flexibility index (Phi) is 6.68. The number of benzene rings is 1. The predicted molar refractivity (Wildman–Crippen MR) is 132 cm³/mol. The molecule has 0 saturated carbocycles. The van der Waals surface area contributed by atoms with Crippen molar-refractivity contribution in [3.8, 4) is 5.69 Å². The number of sulfone groups is 1. The van der Waals surface area contributed by atoms with E-state index in [-0.39, 0.29) is 28.3 Å². The zero-order valence-electron chi connectivity index (χ0n) is 20.3. The Morgan fingerprint density at radius 2 is 1.94 bits per heavy atom. The van der Waals surface area contributed by atoms with Crippen molar-refractivity contribution in [1.29, 1.82) is 0 Å². The van der Waals surface area contributed by atoms with E-state index in [9.17, 15) is 17.6 Å². The minimum Gasteiger partial charge on any atom is -0.331 e. The van der Waals surface area contributed by atoms with E-state index in [2.05, 4.69) is 29.2 Å². The van der Waals surface area contributed by atoms with Gasteiger partial charge in [0.15, 0.2) is 14.9 Å². The van der Waals surface area contributed by atoms with Gasteiger partial charge in [0.2, 0.25) is 0 Å². The highest BCUT2D eigenvalue weighted by molar-refractivity contribution is 7.90.